The molecule has 3 aromatic carbocycles. The van der Waals surface area contributed by atoms with E-state index >= 15 is 0 Å². The predicted molar refractivity (Wildman–Crippen MR) is 146 cm³/mol. The molecule has 1 aliphatic carbocycles. The maximum absolute atomic E-state index is 6.06. The number of piperidine rings is 1. The summed E-state index contributed by atoms with van der Waals surface area (Å²) in [6.45, 7) is 4.69. The summed E-state index contributed by atoms with van der Waals surface area (Å²) in [5, 5.41) is 3.53. The number of rotatable bonds is 11. The Hall–Kier alpha value is -3.51. The molecule has 1 aliphatic heterocycles. The Balaban J connectivity index is 1.00. The Morgan fingerprint density at radius 1 is 0.865 bits per heavy atom. The van der Waals surface area contributed by atoms with E-state index in [2.05, 4.69) is 51.6 Å². The molecular weight excluding hydrogens is 462 g/mol. The predicted octanol–water partition coefficient (Wildman–Crippen LogP) is 6.83. The summed E-state index contributed by atoms with van der Waals surface area (Å²) < 4.78 is 17.9. The standard InChI is InChI=1S/C31H35N3O3/c1-4-18-34(19-5-1)20-21-35-26-14-8-23(9-15-26)22-36-27-16-12-25(13-17-27)30(24-10-11-24)33-31-32-28-6-2-3-7-29(28)37-31/h2-3,6-9,12-17,24,30H,1,4-5,10-11,18-22H2,(H,32,33). The van der Waals surface area contributed by atoms with E-state index in [0.717, 1.165) is 41.3 Å². The smallest absolute Gasteiger partial charge is 0.296 e. The number of anilines is 1. The van der Waals surface area contributed by atoms with Crippen molar-refractivity contribution >= 4 is 17.1 Å². The summed E-state index contributed by atoms with van der Waals surface area (Å²) in [6.07, 6.45) is 6.43. The van der Waals surface area contributed by atoms with Crippen LogP contribution in [0.5, 0.6) is 11.5 Å². The van der Waals surface area contributed by atoms with E-state index in [1.807, 2.05) is 36.4 Å². The number of aromatic nitrogens is 1. The quantitative estimate of drug-likeness (QED) is 0.245. The zero-order valence-electron chi connectivity index (χ0n) is 21.3. The highest BCUT2D eigenvalue weighted by atomic mass is 16.5. The van der Waals surface area contributed by atoms with Crippen LogP contribution in [0.3, 0.4) is 0 Å². The fourth-order valence-corrected chi connectivity index (χ4v) is 5.07. The van der Waals surface area contributed by atoms with Crippen LogP contribution < -0.4 is 14.8 Å². The van der Waals surface area contributed by atoms with Crippen molar-refractivity contribution in [3.63, 3.8) is 0 Å². The van der Waals surface area contributed by atoms with Crippen LogP contribution in [-0.2, 0) is 6.61 Å². The molecule has 1 unspecified atom stereocenters. The van der Waals surface area contributed by atoms with Crippen LogP contribution in [-0.4, -0.2) is 36.1 Å². The summed E-state index contributed by atoms with van der Waals surface area (Å²) in [5.74, 6) is 2.38. The zero-order valence-corrected chi connectivity index (χ0v) is 21.3. The number of benzene rings is 3. The van der Waals surface area contributed by atoms with Gasteiger partial charge in [0.05, 0.1) is 6.04 Å². The molecule has 0 spiro atoms. The molecule has 1 saturated heterocycles. The van der Waals surface area contributed by atoms with Crippen LogP contribution in [0.1, 0.15) is 49.3 Å². The van der Waals surface area contributed by atoms with Crippen LogP contribution in [0.4, 0.5) is 6.01 Å². The van der Waals surface area contributed by atoms with E-state index in [-0.39, 0.29) is 6.04 Å². The first-order chi connectivity index (χ1) is 18.3. The minimum absolute atomic E-state index is 0.185. The second-order valence-electron chi connectivity index (χ2n) is 10.2. The van der Waals surface area contributed by atoms with Crippen LogP contribution in [0.15, 0.2) is 77.2 Å². The van der Waals surface area contributed by atoms with Gasteiger partial charge in [-0.3, -0.25) is 4.90 Å². The van der Waals surface area contributed by atoms with Crippen molar-refractivity contribution in [2.75, 3.05) is 31.6 Å². The summed E-state index contributed by atoms with van der Waals surface area (Å²) in [7, 11) is 0. The van der Waals surface area contributed by atoms with Gasteiger partial charge in [0, 0.05) is 6.54 Å². The minimum Gasteiger partial charge on any atom is -0.492 e. The highest BCUT2D eigenvalue weighted by molar-refractivity contribution is 5.74. The highest BCUT2D eigenvalue weighted by Crippen LogP contribution is 2.43. The Kier molecular flexibility index (Phi) is 7.26. The Labute approximate surface area is 218 Å². The lowest BCUT2D eigenvalue weighted by molar-refractivity contribution is 0.183. The van der Waals surface area contributed by atoms with E-state index in [1.165, 1.54) is 50.8 Å². The van der Waals surface area contributed by atoms with Crippen molar-refractivity contribution in [3.8, 4) is 11.5 Å². The second kappa shape index (κ2) is 11.3. The first-order valence-electron chi connectivity index (χ1n) is 13.6. The molecule has 1 saturated carbocycles. The molecule has 6 heteroatoms. The number of nitrogens with one attached hydrogen (secondary N) is 1. The third-order valence-corrected chi connectivity index (χ3v) is 7.36. The lowest BCUT2D eigenvalue weighted by Crippen LogP contribution is -2.33. The van der Waals surface area contributed by atoms with Gasteiger partial charge in [0.15, 0.2) is 5.58 Å². The van der Waals surface area contributed by atoms with Crippen LogP contribution in [0, 0.1) is 5.92 Å². The summed E-state index contributed by atoms with van der Waals surface area (Å²) >= 11 is 0. The van der Waals surface area contributed by atoms with Gasteiger partial charge in [-0.25, -0.2) is 0 Å². The van der Waals surface area contributed by atoms with Crippen molar-refractivity contribution in [1.82, 2.24) is 9.88 Å². The van der Waals surface area contributed by atoms with Crippen molar-refractivity contribution in [3.05, 3.63) is 83.9 Å². The molecule has 2 heterocycles. The average Bonchev–Trinajstić information content (AvgIpc) is 3.71. The lowest BCUT2D eigenvalue weighted by atomic mass is 10.0. The van der Waals surface area contributed by atoms with Gasteiger partial charge in [0.2, 0.25) is 0 Å². The van der Waals surface area contributed by atoms with Crippen LogP contribution in [0.25, 0.3) is 11.1 Å². The average molecular weight is 498 g/mol. The second-order valence-corrected chi connectivity index (χ2v) is 10.2. The molecule has 0 amide bonds. The van der Waals surface area contributed by atoms with Gasteiger partial charge >= 0.3 is 0 Å². The molecule has 37 heavy (non-hydrogen) atoms. The molecule has 1 N–H and O–H groups in total. The van der Waals surface area contributed by atoms with E-state index in [1.54, 1.807) is 0 Å². The van der Waals surface area contributed by atoms with E-state index < -0.39 is 0 Å². The number of likely N-dealkylation sites (tertiary alicyclic amines) is 1. The van der Waals surface area contributed by atoms with Crippen LogP contribution >= 0.6 is 0 Å². The molecule has 1 atom stereocenters. The molecule has 2 fully saturated rings. The number of oxazole rings is 1. The number of hydrogen-bond donors (Lipinski definition) is 1. The number of nitrogens with zero attached hydrogens (tertiary/aromatic N) is 2. The first kappa shape index (κ1) is 23.9. The highest BCUT2D eigenvalue weighted by Gasteiger charge is 2.33. The molecule has 6 rings (SSSR count). The van der Waals surface area contributed by atoms with Crippen molar-refractivity contribution in [2.45, 2.75) is 44.8 Å². The molecule has 1 aromatic heterocycles. The van der Waals surface area contributed by atoms with Gasteiger partial charge in [-0.15, -0.1) is 0 Å². The number of ether oxygens (including phenoxy) is 2. The van der Waals surface area contributed by atoms with Crippen molar-refractivity contribution < 1.29 is 13.9 Å². The third kappa shape index (κ3) is 6.25. The van der Waals surface area contributed by atoms with Crippen molar-refractivity contribution in [2.24, 2.45) is 5.92 Å². The van der Waals surface area contributed by atoms with Gasteiger partial charge in [-0.1, -0.05) is 42.8 Å². The number of fused-ring (bicyclic) bond motifs is 1. The van der Waals surface area contributed by atoms with E-state index in [4.69, 9.17) is 13.9 Å². The van der Waals surface area contributed by atoms with Gasteiger partial charge < -0.3 is 19.2 Å². The molecule has 6 nitrogen and oxygen atoms in total. The van der Waals surface area contributed by atoms with Gasteiger partial charge in [0.1, 0.15) is 30.2 Å². The summed E-state index contributed by atoms with van der Waals surface area (Å²) in [4.78, 5) is 7.09. The third-order valence-electron chi connectivity index (χ3n) is 7.36. The topological polar surface area (TPSA) is 59.8 Å². The van der Waals surface area contributed by atoms with Crippen molar-refractivity contribution in [1.29, 1.82) is 0 Å². The fourth-order valence-electron chi connectivity index (χ4n) is 5.07. The molecule has 192 valence electrons. The fraction of sp³-hybridized carbons (Fsp3) is 0.387. The summed E-state index contributed by atoms with van der Waals surface area (Å²) in [6, 6.07) is 25.3. The number of hydrogen-bond acceptors (Lipinski definition) is 6. The van der Waals surface area contributed by atoms with Gasteiger partial charge in [-0.2, -0.15) is 4.98 Å². The maximum Gasteiger partial charge on any atom is 0.296 e. The minimum atomic E-state index is 0.185. The lowest BCUT2D eigenvalue weighted by Gasteiger charge is -2.26. The number of para-hydroxylation sites is 2. The van der Waals surface area contributed by atoms with Crippen LogP contribution in [0.2, 0.25) is 0 Å². The Bertz CT molecular complexity index is 1240. The molecule has 0 bridgehead atoms. The monoisotopic (exact) mass is 497 g/mol. The zero-order chi connectivity index (χ0) is 24.9. The molecule has 4 aromatic rings. The summed E-state index contributed by atoms with van der Waals surface area (Å²) in [5.41, 5.74) is 4.03. The van der Waals surface area contributed by atoms with E-state index in [9.17, 15) is 0 Å². The SMILES string of the molecule is c1ccc2oc(NC(c3ccc(OCc4ccc(OCCN5CCCCC5)cc4)cc3)C3CC3)nc2c1. The molecule has 0 radical (unpaired) electrons. The molecule has 2 aliphatic rings. The Morgan fingerprint density at radius 3 is 2.35 bits per heavy atom. The maximum atomic E-state index is 6.06. The first-order valence-corrected chi connectivity index (χ1v) is 13.6. The van der Waals surface area contributed by atoms with Gasteiger partial charge in [0.25, 0.3) is 6.01 Å². The van der Waals surface area contributed by atoms with E-state index in [0.29, 0.717) is 18.5 Å². The molecular formula is C31H35N3O3. The normalized spacial score (nSPS) is 17.0. The van der Waals surface area contributed by atoms with Gasteiger partial charge in [-0.05, 0) is 92.2 Å². The Morgan fingerprint density at radius 2 is 1.59 bits per heavy atom. The largest absolute Gasteiger partial charge is 0.492 e.